The minimum atomic E-state index is -3.86. The summed E-state index contributed by atoms with van der Waals surface area (Å²) in [5.41, 5.74) is 3.61. The van der Waals surface area contributed by atoms with Gasteiger partial charge in [-0.2, -0.15) is 13.7 Å². The first-order chi connectivity index (χ1) is 14.2. The lowest BCUT2D eigenvalue weighted by Gasteiger charge is -2.12. The first kappa shape index (κ1) is 21.7. The van der Waals surface area contributed by atoms with E-state index in [1.54, 1.807) is 12.1 Å². The molecule has 1 aliphatic carbocycles. The molecule has 2 aromatic rings. The standard InChI is InChI=1S/C21H23N3O5S/c1-13-4-6-16(7-5-13)30(26,27)29-11-15-8-17-14(2)21(28-12-20(25)23-3)24-19(10-22)18(17)9-15/h4-7,15H,8-9,11-12H2,1-3H3,(H,23,25). The quantitative estimate of drug-likeness (QED) is 0.667. The van der Waals surface area contributed by atoms with Crippen LogP contribution in [-0.4, -0.2) is 39.6 Å². The second-order valence-electron chi connectivity index (χ2n) is 7.25. The van der Waals surface area contributed by atoms with Gasteiger partial charge in [-0.25, -0.2) is 4.98 Å². The molecule has 1 unspecified atom stereocenters. The molecule has 158 valence electrons. The van der Waals surface area contributed by atoms with Gasteiger partial charge in [0.05, 0.1) is 11.5 Å². The van der Waals surface area contributed by atoms with Gasteiger partial charge in [-0.05, 0) is 55.9 Å². The van der Waals surface area contributed by atoms with Crippen molar-refractivity contribution in [2.75, 3.05) is 20.3 Å². The molecule has 0 saturated heterocycles. The van der Waals surface area contributed by atoms with Crippen LogP contribution in [0.3, 0.4) is 0 Å². The lowest BCUT2D eigenvalue weighted by atomic mass is 10.0. The van der Waals surface area contributed by atoms with E-state index in [1.165, 1.54) is 19.2 Å². The number of pyridine rings is 1. The number of nitrogens with one attached hydrogen (secondary N) is 1. The van der Waals surface area contributed by atoms with E-state index in [9.17, 15) is 18.5 Å². The number of carbonyl (C=O) groups is 1. The summed E-state index contributed by atoms with van der Waals surface area (Å²) in [6, 6.07) is 8.55. The topological polar surface area (TPSA) is 118 Å². The van der Waals surface area contributed by atoms with Gasteiger partial charge in [0.1, 0.15) is 11.8 Å². The van der Waals surface area contributed by atoms with Crippen molar-refractivity contribution in [2.24, 2.45) is 5.92 Å². The lowest BCUT2D eigenvalue weighted by Crippen LogP contribution is -2.25. The van der Waals surface area contributed by atoms with E-state index in [-0.39, 0.29) is 41.5 Å². The maximum absolute atomic E-state index is 12.4. The predicted octanol–water partition coefficient (Wildman–Crippen LogP) is 1.82. The number of aryl methyl sites for hydroxylation is 1. The van der Waals surface area contributed by atoms with Crippen LogP contribution in [-0.2, 0) is 31.9 Å². The van der Waals surface area contributed by atoms with Gasteiger partial charge in [0.25, 0.3) is 16.0 Å². The Bertz CT molecular complexity index is 1100. The zero-order chi connectivity index (χ0) is 21.9. The molecule has 1 N–H and O–H groups in total. The minimum absolute atomic E-state index is 0.00360. The van der Waals surface area contributed by atoms with Gasteiger partial charge < -0.3 is 10.1 Å². The van der Waals surface area contributed by atoms with Crippen molar-refractivity contribution in [1.29, 1.82) is 5.26 Å². The fourth-order valence-corrected chi connectivity index (χ4v) is 4.39. The monoisotopic (exact) mass is 429 g/mol. The van der Waals surface area contributed by atoms with Crippen LogP contribution in [0.5, 0.6) is 5.88 Å². The van der Waals surface area contributed by atoms with Gasteiger partial charge in [-0.3, -0.25) is 8.98 Å². The summed E-state index contributed by atoms with van der Waals surface area (Å²) in [6.45, 7) is 3.50. The molecule has 0 fully saturated rings. The van der Waals surface area contributed by atoms with Crippen molar-refractivity contribution < 1.29 is 22.1 Å². The average Bonchev–Trinajstić information content (AvgIpc) is 3.17. The van der Waals surface area contributed by atoms with Crippen molar-refractivity contribution in [3.8, 4) is 11.9 Å². The molecule has 1 atom stereocenters. The molecule has 1 heterocycles. The lowest BCUT2D eigenvalue weighted by molar-refractivity contribution is -0.122. The zero-order valence-electron chi connectivity index (χ0n) is 17.1. The number of fused-ring (bicyclic) bond motifs is 1. The van der Waals surface area contributed by atoms with Crippen molar-refractivity contribution in [1.82, 2.24) is 10.3 Å². The second kappa shape index (κ2) is 8.81. The maximum Gasteiger partial charge on any atom is 0.296 e. The van der Waals surface area contributed by atoms with E-state index >= 15 is 0 Å². The number of likely N-dealkylation sites (N-methyl/N-ethyl adjacent to an activating group) is 1. The summed E-state index contributed by atoms with van der Waals surface area (Å²) >= 11 is 0. The Morgan fingerprint density at radius 2 is 1.90 bits per heavy atom. The molecule has 1 aromatic carbocycles. The number of hydrogen-bond acceptors (Lipinski definition) is 7. The average molecular weight is 429 g/mol. The molecule has 0 saturated carbocycles. The molecule has 0 bridgehead atoms. The highest BCUT2D eigenvalue weighted by molar-refractivity contribution is 7.86. The van der Waals surface area contributed by atoms with Crippen molar-refractivity contribution in [3.05, 3.63) is 52.2 Å². The molecule has 8 nitrogen and oxygen atoms in total. The van der Waals surface area contributed by atoms with Gasteiger partial charge in [0.15, 0.2) is 6.61 Å². The fraction of sp³-hybridized carbons (Fsp3) is 0.381. The second-order valence-corrected chi connectivity index (χ2v) is 8.86. The molecule has 9 heteroatoms. The predicted molar refractivity (Wildman–Crippen MR) is 108 cm³/mol. The number of carbonyl (C=O) groups excluding carboxylic acids is 1. The van der Waals surface area contributed by atoms with Gasteiger partial charge in [-0.15, -0.1) is 0 Å². The number of aromatic nitrogens is 1. The first-order valence-corrected chi connectivity index (χ1v) is 10.9. The zero-order valence-corrected chi connectivity index (χ0v) is 17.9. The third kappa shape index (κ3) is 4.61. The van der Waals surface area contributed by atoms with Gasteiger partial charge in [0.2, 0.25) is 5.88 Å². The Labute approximate surface area is 176 Å². The van der Waals surface area contributed by atoms with Crippen LogP contribution in [0.1, 0.15) is 27.9 Å². The highest BCUT2D eigenvalue weighted by Gasteiger charge is 2.30. The molecule has 1 aliphatic rings. The molecular weight excluding hydrogens is 406 g/mol. The van der Waals surface area contributed by atoms with Gasteiger partial charge in [0, 0.05) is 12.6 Å². The number of rotatable bonds is 7. The summed E-state index contributed by atoms with van der Waals surface area (Å²) in [7, 11) is -2.35. The van der Waals surface area contributed by atoms with Crippen LogP contribution in [0, 0.1) is 31.1 Å². The Morgan fingerprint density at radius 1 is 1.23 bits per heavy atom. The van der Waals surface area contributed by atoms with Crippen molar-refractivity contribution in [3.63, 3.8) is 0 Å². The summed E-state index contributed by atoms with van der Waals surface area (Å²) < 4.78 is 35.7. The van der Waals surface area contributed by atoms with E-state index in [0.717, 1.165) is 22.3 Å². The number of ether oxygens (including phenoxy) is 1. The van der Waals surface area contributed by atoms with E-state index in [4.69, 9.17) is 8.92 Å². The molecule has 0 radical (unpaired) electrons. The third-order valence-corrected chi connectivity index (χ3v) is 6.41. The molecule has 0 spiro atoms. The number of hydrogen-bond donors (Lipinski definition) is 1. The van der Waals surface area contributed by atoms with Crippen LogP contribution >= 0.6 is 0 Å². The van der Waals surface area contributed by atoms with E-state index in [1.807, 2.05) is 13.8 Å². The molecule has 30 heavy (non-hydrogen) atoms. The molecule has 1 amide bonds. The Balaban J connectivity index is 1.74. The van der Waals surface area contributed by atoms with Gasteiger partial charge >= 0.3 is 0 Å². The summed E-state index contributed by atoms with van der Waals surface area (Å²) in [5, 5.41) is 11.9. The summed E-state index contributed by atoms with van der Waals surface area (Å²) in [6.07, 6.45) is 1.03. The number of nitrogens with zero attached hydrogens (tertiary/aromatic N) is 2. The highest BCUT2D eigenvalue weighted by Crippen LogP contribution is 2.35. The number of nitriles is 1. The molecule has 1 aromatic heterocycles. The minimum Gasteiger partial charge on any atom is -0.467 e. The van der Waals surface area contributed by atoms with E-state index in [2.05, 4.69) is 16.4 Å². The molecule has 3 rings (SSSR count). The van der Waals surface area contributed by atoms with E-state index in [0.29, 0.717) is 12.8 Å². The summed E-state index contributed by atoms with van der Waals surface area (Å²) in [4.78, 5) is 15.8. The SMILES string of the molecule is CNC(=O)COc1nc(C#N)c2c(c1C)CC(COS(=O)(=O)c1ccc(C)cc1)C2. The van der Waals surface area contributed by atoms with Crippen molar-refractivity contribution >= 4 is 16.0 Å². The molecule has 0 aliphatic heterocycles. The summed E-state index contributed by atoms with van der Waals surface area (Å²) in [5.74, 6) is -0.174. The van der Waals surface area contributed by atoms with Crippen LogP contribution in [0.2, 0.25) is 0 Å². The largest absolute Gasteiger partial charge is 0.467 e. The fourth-order valence-electron chi connectivity index (χ4n) is 3.41. The smallest absolute Gasteiger partial charge is 0.296 e. The maximum atomic E-state index is 12.4. The van der Waals surface area contributed by atoms with Gasteiger partial charge in [-0.1, -0.05) is 17.7 Å². The number of benzene rings is 1. The van der Waals surface area contributed by atoms with Crippen LogP contribution in [0.15, 0.2) is 29.2 Å². The highest BCUT2D eigenvalue weighted by atomic mass is 32.2. The number of amides is 1. The molecular formula is C21H23N3O5S. The Morgan fingerprint density at radius 3 is 2.53 bits per heavy atom. The van der Waals surface area contributed by atoms with Crippen LogP contribution < -0.4 is 10.1 Å². The van der Waals surface area contributed by atoms with E-state index < -0.39 is 10.1 Å². The van der Waals surface area contributed by atoms with Crippen LogP contribution in [0.4, 0.5) is 0 Å². The Kier molecular flexibility index (Phi) is 6.39. The van der Waals surface area contributed by atoms with Crippen molar-refractivity contribution in [2.45, 2.75) is 31.6 Å². The Hall–Kier alpha value is -2.96. The normalized spacial score (nSPS) is 15.3. The third-order valence-electron chi connectivity index (χ3n) is 5.12. The van der Waals surface area contributed by atoms with Crippen LogP contribution in [0.25, 0.3) is 0 Å². The first-order valence-electron chi connectivity index (χ1n) is 9.47.